The molecular formula is C11H21NO. The van der Waals surface area contributed by atoms with Gasteiger partial charge in [0.15, 0.2) is 0 Å². The van der Waals surface area contributed by atoms with Crippen molar-refractivity contribution in [2.75, 3.05) is 0 Å². The average molecular weight is 183 g/mol. The second-order valence-electron chi connectivity index (χ2n) is 5.48. The highest BCUT2D eigenvalue weighted by Crippen LogP contribution is 2.58. The Morgan fingerprint density at radius 2 is 1.46 bits per heavy atom. The van der Waals surface area contributed by atoms with E-state index in [-0.39, 0.29) is 5.54 Å². The van der Waals surface area contributed by atoms with Gasteiger partial charge in [-0.05, 0) is 37.0 Å². The zero-order chi connectivity index (χ0) is 10.3. The van der Waals surface area contributed by atoms with Gasteiger partial charge in [0, 0.05) is 0 Å². The van der Waals surface area contributed by atoms with Gasteiger partial charge >= 0.3 is 0 Å². The van der Waals surface area contributed by atoms with Gasteiger partial charge in [0.1, 0.15) is 5.54 Å². The Morgan fingerprint density at radius 1 is 1.08 bits per heavy atom. The molecule has 0 amide bonds. The van der Waals surface area contributed by atoms with Gasteiger partial charge < -0.3 is 0 Å². The Bertz CT molecular complexity index is 192. The molecule has 0 aromatic heterocycles. The SMILES string of the molecule is CC(C)C1(C(C)C)CC(C)(N=O)C1. The number of hydrogen-bond acceptors (Lipinski definition) is 2. The molecule has 0 bridgehead atoms. The second kappa shape index (κ2) is 3.07. The van der Waals surface area contributed by atoms with E-state index in [0.717, 1.165) is 12.8 Å². The molecule has 1 saturated carbocycles. The Balaban J connectivity index is 2.74. The van der Waals surface area contributed by atoms with E-state index in [0.29, 0.717) is 17.3 Å². The van der Waals surface area contributed by atoms with Gasteiger partial charge in [0.25, 0.3) is 0 Å². The summed E-state index contributed by atoms with van der Waals surface area (Å²) in [6.07, 6.45) is 1.94. The summed E-state index contributed by atoms with van der Waals surface area (Å²) in [5.41, 5.74) is 0.0944. The lowest BCUT2D eigenvalue weighted by Gasteiger charge is -2.56. The standard InChI is InChI=1S/C11H21NO/c1-8(2)11(9(3)4)6-10(5,7-11)12-13/h8-9H,6-7H2,1-5H3. The largest absolute Gasteiger partial charge is 0.150 e. The topological polar surface area (TPSA) is 29.4 Å². The first-order valence-corrected chi connectivity index (χ1v) is 5.21. The summed E-state index contributed by atoms with van der Waals surface area (Å²) >= 11 is 0. The van der Waals surface area contributed by atoms with E-state index >= 15 is 0 Å². The van der Waals surface area contributed by atoms with Crippen LogP contribution in [0.1, 0.15) is 47.5 Å². The smallest absolute Gasteiger partial charge is 0.101 e. The molecule has 2 nitrogen and oxygen atoms in total. The van der Waals surface area contributed by atoms with Crippen LogP contribution in [0.15, 0.2) is 5.18 Å². The molecule has 1 rings (SSSR count). The monoisotopic (exact) mass is 183 g/mol. The summed E-state index contributed by atoms with van der Waals surface area (Å²) in [6.45, 7) is 11.0. The molecule has 0 heterocycles. The van der Waals surface area contributed by atoms with E-state index in [9.17, 15) is 4.91 Å². The van der Waals surface area contributed by atoms with Gasteiger partial charge in [-0.1, -0.05) is 32.9 Å². The molecule has 0 aromatic carbocycles. The zero-order valence-electron chi connectivity index (χ0n) is 9.42. The summed E-state index contributed by atoms with van der Waals surface area (Å²) < 4.78 is 0. The molecule has 0 aromatic rings. The Morgan fingerprint density at radius 3 is 1.69 bits per heavy atom. The molecule has 76 valence electrons. The van der Waals surface area contributed by atoms with Crippen LogP contribution < -0.4 is 0 Å². The van der Waals surface area contributed by atoms with Crippen LogP contribution in [-0.4, -0.2) is 5.54 Å². The maximum atomic E-state index is 10.6. The molecule has 1 aliphatic rings. The van der Waals surface area contributed by atoms with Crippen LogP contribution in [-0.2, 0) is 0 Å². The molecule has 0 aliphatic heterocycles. The Kier molecular flexibility index (Phi) is 2.52. The van der Waals surface area contributed by atoms with Crippen LogP contribution in [0, 0.1) is 22.2 Å². The van der Waals surface area contributed by atoms with Crippen LogP contribution >= 0.6 is 0 Å². The Labute approximate surface area is 81.1 Å². The van der Waals surface area contributed by atoms with Gasteiger partial charge in [-0.25, -0.2) is 0 Å². The van der Waals surface area contributed by atoms with Crippen LogP contribution in [0.4, 0.5) is 0 Å². The van der Waals surface area contributed by atoms with Gasteiger partial charge in [-0.3, -0.25) is 0 Å². The highest BCUT2D eigenvalue weighted by atomic mass is 16.3. The van der Waals surface area contributed by atoms with Crippen molar-refractivity contribution in [3.8, 4) is 0 Å². The van der Waals surface area contributed by atoms with Gasteiger partial charge in [0.2, 0.25) is 0 Å². The maximum Gasteiger partial charge on any atom is 0.101 e. The number of nitroso groups, excluding NO2 is 1. The summed E-state index contributed by atoms with van der Waals surface area (Å²) in [4.78, 5) is 10.6. The lowest BCUT2D eigenvalue weighted by molar-refractivity contribution is -0.0480. The molecule has 0 unspecified atom stereocenters. The molecule has 13 heavy (non-hydrogen) atoms. The first-order chi connectivity index (χ1) is 5.86. The van der Waals surface area contributed by atoms with Crippen molar-refractivity contribution >= 4 is 0 Å². The van der Waals surface area contributed by atoms with Gasteiger partial charge in [-0.15, -0.1) is 0 Å². The van der Waals surface area contributed by atoms with Crippen LogP contribution in [0.5, 0.6) is 0 Å². The molecule has 0 atom stereocenters. The van der Waals surface area contributed by atoms with Crippen LogP contribution in [0.25, 0.3) is 0 Å². The summed E-state index contributed by atoms with van der Waals surface area (Å²) in [5.74, 6) is 1.31. The van der Waals surface area contributed by atoms with E-state index in [2.05, 4.69) is 32.9 Å². The number of rotatable bonds is 3. The fourth-order valence-electron chi connectivity index (χ4n) is 2.91. The highest BCUT2D eigenvalue weighted by Gasteiger charge is 2.56. The van der Waals surface area contributed by atoms with E-state index < -0.39 is 0 Å². The minimum absolute atomic E-state index is 0.269. The quantitative estimate of drug-likeness (QED) is 0.615. The van der Waals surface area contributed by atoms with Crippen molar-refractivity contribution in [3.05, 3.63) is 4.91 Å². The van der Waals surface area contributed by atoms with Crippen molar-refractivity contribution in [1.82, 2.24) is 0 Å². The third-order valence-corrected chi connectivity index (χ3v) is 3.94. The minimum Gasteiger partial charge on any atom is -0.150 e. The van der Waals surface area contributed by atoms with E-state index in [1.165, 1.54) is 0 Å². The van der Waals surface area contributed by atoms with E-state index in [1.54, 1.807) is 0 Å². The number of nitrogens with zero attached hydrogens (tertiary/aromatic N) is 1. The van der Waals surface area contributed by atoms with Crippen molar-refractivity contribution in [2.45, 2.75) is 53.0 Å². The van der Waals surface area contributed by atoms with Crippen molar-refractivity contribution in [3.63, 3.8) is 0 Å². The molecule has 1 aliphatic carbocycles. The fraction of sp³-hybridized carbons (Fsp3) is 1.00. The average Bonchev–Trinajstić information content (AvgIpc) is 1.97. The first kappa shape index (κ1) is 10.7. The summed E-state index contributed by atoms with van der Waals surface area (Å²) in [5, 5.41) is 3.24. The number of hydrogen-bond donors (Lipinski definition) is 0. The highest BCUT2D eigenvalue weighted by molar-refractivity contribution is 5.08. The lowest BCUT2D eigenvalue weighted by Crippen LogP contribution is -2.54. The molecule has 1 fully saturated rings. The molecule has 2 heteroatoms. The lowest BCUT2D eigenvalue weighted by atomic mass is 9.49. The van der Waals surface area contributed by atoms with Crippen LogP contribution in [0.3, 0.4) is 0 Å². The molecular weight excluding hydrogens is 162 g/mol. The van der Waals surface area contributed by atoms with E-state index in [1.807, 2.05) is 6.92 Å². The third-order valence-electron chi connectivity index (χ3n) is 3.94. The predicted molar refractivity (Wildman–Crippen MR) is 55.5 cm³/mol. The van der Waals surface area contributed by atoms with E-state index in [4.69, 9.17) is 0 Å². The van der Waals surface area contributed by atoms with Gasteiger partial charge in [-0.2, -0.15) is 4.91 Å². The van der Waals surface area contributed by atoms with Crippen molar-refractivity contribution in [1.29, 1.82) is 0 Å². The molecule has 0 spiro atoms. The maximum absolute atomic E-state index is 10.6. The summed E-state index contributed by atoms with van der Waals surface area (Å²) in [7, 11) is 0. The van der Waals surface area contributed by atoms with Crippen molar-refractivity contribution < 1.29 is 0 Å². The normalized spacial score (nSPS) is 24.5. The summed E-state index contributed by atoms with van der Waals surface area (Å²) in [6, 6.07) is 0. The van der Waals surface area contributed by atoms with Crippen LogP contribution in [0.2, 0.25) is 0 Å². The Hall–Kier alpha value is -0.400. The van der Waals surface area contributed by atoms with Crippen molar-refractivity contribution in [2.24, 2.45) is 22.4 Å². The molecule has 0 N–H and O–H groups in total. The first-order valence-electron chi connectivity index (χ1n) is 5.21. The zero-order valence-corrected chi connectivity index (χ0v) is 9.42. The molecule has 0 saturated heterocycles. The van der Waals surface area contributed by atoms with Gasteiger partial charge in [0.05, 0.1) is 0 Å². The molecule has 0 radical (unpaired) electrons. The fourth-order valence-corrected chi connectivity index (χ4v) is 2.91. The third kappa shape index (κ3) is 1.51. The minimum atomic E-state index is -0.269. The second-order valence-corrected chi connectivity index (χ2v) is 5.48. The predicted octanol–water partition coefficient (Wildman–Crippen LogP) is 3.60.